The zero-order valence-corrected chi connectivity index (χ0v) is 12.0. The van der Waals surface area contributed by atoms with Crippen LogP contribution in [-0.4, -0.2) is 22.8 Å². The van der Waals surface area contributed by atoms with Gasteiger partial charge in [-0.25, -0.2) is 4.79 Å². The van der Waals surface area contributed by atoms with E-state index < -0.39 is 11.7 Å². The molecule has 0 aromatic heterocycles. The number of thiocarbonyl (C=S) groups is 1. The van der Waals surface area contributed by atoms with Crippen molar-refractivity contribution in [1.82, 2.24) is 10.6 Å². The summed E-state index contributed by atoms with van der Waals surface area (Å²) in [5, 5.41) is 14.6. The van der Waals surface area contributed by atoms with Crippen LogP contribution in [0.1, 0.15) is 40.5 Å². The lowest BCUT2D eigenvalue weighted by Gasteiger charge is -2.40. The molecule has 0 aromatic carbocycles. The van der Waals surface area contributed by atoms with Gasteiger partial charge in [-0.05, 0) is 52.8 Å². The van der Waals surface area contributed by atoms with Gasteiger partial charge in [-0.15, -0.1) is 0 Å². The Kier molecular flexibility index (Phi) is 4.17. The molecule has 1 saturated carbocycles. The molecule has 0 spiro atoms. The van der Waals surface area contributed by atoms with Crippen molar-refractivity contribution in [2.75, 3.05) is 0 Å². The first kappa shape index (κ1) is 14.7. The van der Waals surface area contributed by atoms with Crippen LogP contribution in [0.3, 0.4) is 0 Å². The zero-order valence-electron chi connectivity index (χ0n) is 11.2. The molecule has 0 atom stereocenters. The van der Waals surface area contributed by atoms with Gasteiger partial charge in [-0.2, -0.15) is 5.26 Å². The largest absolute Gasteiger partial charge is 0.444 e. The fraction of sp³-hybridized carbons (Fsp3) is 0.750. The lowest BCUT2D eigenvalue weighted by atomic mass is 9.68. The van der Waals surface area contributed by atoms with Crippen molar-refractivity contribution in [2.45, 2.75) is 52.2 Å². The zero-order chi connectivity index (χ0) is 14.0. The highest BCUT2D eigenvalue weighted by atomic mass is 32.1. The molecule has 1 aliphatic rings. The van der Waals surface area contributed by atoms with E-state index in [1.165, 1.54) is 0 Å². The number of hydrogen-bond acceptors (Lipinski definition) is 4. The van der Waals surface area contributed by atoms with E-state index in [9.17, 15) is 4.79 Å². The van der Waals surface area contributed by atoms with Crippen LogP contribution in [0.15, 0.2) is 0 Å². The van der Waals surface area contributed by atoms with Crippen LogP contribution in [0.5, 0.6) is 0 Å². The molecule has 5 nitrogen and oxygen atoms in total. The quantitative estimate of drug-likeness (QED) is 0.713. The van der Waals surface area contributed by atoms with Crippen LogP contribution in [0.2, 0.25) is 0 Å². The Balaban J connectivity index is 2.28. The Labute approximate surface area is 113 Å². The van der Waals surface area contributed by atoms with E-state index in [4.69, 9.17) is 22.2 Å². The average molecular weight is 269 g/mol. The third-order valence-corrected chi connectivity index (χ3v) is 2.83. The van der Waals surface area contributed by atoms with Gasteiger partial charge < -0.3 is 10.1 Å². The van der Waals surface area contributed by atoms with E-state index in [2.05, 4.69) is 16.7 Å². The molecule has 18 heavy (non-hydrogen) atoms. The second-order valence-corrected chi connectivity index (χ2v) is 6.29. The number of nitriles is 1. The molecule has 1 amide bonds. The monoisotopic (exact) mass is 269 g/mol. The summed E-state index contributed by atoms with van der Waals surface area (Å²) < 4.78 is 5.07. The topological polar surface area (TPSA) is 74.2 Å². The van der Waals surface area contributed by atoms with Crippen molar-refractivity contribution in [3.8, 4) is 6.07 Å². The first-order valence-electron chi connectivity index (χ1n) is 5.85. The van der Waals surface area contributed by atoms with Crippen LogP contribution in [-0.2, 0) is 4.74 Å². The summed E-state index contributed by atoms with van der Waals surface area (Å²) in [7, 11) is 0. The van der Waals surface area contributed by atoms with Gasteiger partial charge in [0.2, 0.25) is 0 Å². The number of carbonyl (C=O) groups is 1. The second-order valence-electron chi connectivity index (χ2n) is 5.88. The number of nitrogens with zero attached hydrogens (tertiary/aromatic N) is 1. The Morgan fingerprint density at radius 3 is 2.50 bits per heavy atom. The van der Waals surface area contributed by atoms with Crippen LogP contribution >= 0.6 is 12.2 Å². The van der Waals surface area contributed by atoms with Gasteiger partial charge in [0.25, 0.3) is 0 Å². The summed E-state index contributed by atoms with van der Waals surface area (Å²) in [5.41, 5.74) is -0.811. The van der Waals surface area contributed by atoms with E-state index in [-0.39, 0.29) is 16.6 Å². The van der Waals surface area contributed by atoms with Crippen LogP contribution < -0.4 is 10.6 Å². The van der Waals surface area contributed by atoms with Crippen molar-refractivity contribution >= 4 is 23.4 Å². The Bertz CT molecular complexity index is 389. The summed E-state index contributed by atoms with van der Waals surface area (Å²) in [6.45, 7) is 7.27. The first-order chi connectivity index (χ1) is 8.13. The van der Waals surface area contributed by atoms with E-state index in [0.717, 1.165) is 12.8 Å². The minimum Gasteiger partial charge on any atom is -0.444 e. The fourth-order valence-electron chi connectivity index (χ4n) is 1.84. The maximum Gasteiger partial charge on any atom is 0.413 e. The van der Waals surface area contributed by atoms with Crippen LogP contribution in [0.25, 0.3) is 0 Å². The highest BCUT2D eigenvalue weighted by Gasteiger charge is 2.40. The van der Waals surface area contributed by atoms with E-state index >= 15 is 0 Å². The number of hydrogen-bond donors (Lipinski definition) is 2. The van der Waals surface area contributed by atoms with Gasteiger partial charge in [0, 0.05) is 6.04 Å². The molecule has 0 unspecified atom stereocenters. The first-order valence-corrected chi connectivity index (χ1v) is 6.26. The van der Waals surface area contributed by atoms with Gasteiger partial charge in [0.1, 0.15) is 5.60 Å². The average Bonchev–Trinajstić information content (AvgIpc) is 2.11. The highest BCUT2D eigenvalue weighted by Crippen LogP contribution is 2.39. The molecule has 0 heterocycles. The van der Waals surface area contributed by atoms with E-state index in [0.29, 0.717) is 0 Å². The van der Waals surface area contributed by atoms with Crippen LogP contribution in [0, 0.1) is 16.7 Å². The molecule has 0 radical (unpaired) electrons. The number of rotatable bonds is 1. The molecular formula is C12H19N3O2S. The third-order valence-electron chi connectivity index (χ3n) is 2.61. The third kappa shape index (κ3) is 4.49. The second kappa shape index (κ2) is 5.11. The summed E-state index contributed by atoms with van der Waals surface area (Å²) in [5.74, 6) is 0. The van der Waals surface area contributed by atoms with Gasteiger partial charge in [0.05, 0.1) is 11.5 Å². The summed E-state index contributed by atoms with van der Waals surface area (Å²) >= 11 is 5.00. The molecule has 0 aliphatic heterocycles. The molecule has 100 valence electrons. The smallest absolute Gasteiger partial charge is 0.413 e. The highest BCUT2D eigenvalue weighted by molar-refractivity contribution is 7.80. The number of carbonyl (C=O) groups excluding carboxylic acids is 1. The predicted octanol–water partition coefficient (Wildman–Crippen LogP) is 2.08. The van der Waals surface area contributed by atoms with Gasteiger partial charge in [-0.3, -0.25) is 5.32 Å². The standard InChI is InChI=1S/C12H19N3O2S/c1-11(2,3)17-10(16)15-9(18)14-8-5-12(4,6-8)7-13/h8H,5-6H2,1-4H3,(H2,14,15,16,18). The van der Waals surface area contributed by atoms with E-state index in [1.54, 1.807) is 20.8 Å². The van der Waals surface area contributed by atoms with Crippen LogP contribution in [0.4, 0.5) is 4.79 Å². The minimum atomic E-state index is -0.567. The summed E-state index contributed by atoms with van der Waals surface area (Å²) in [4.78, 5) is 11.4. The molecule has 0 saturated heterocycles. The Morgan fingerprint density at radius 2 is 2.06 bits per heavy atom. The van der Waals surface area contributed by atoms with Crippen molar-refractivity contribution in [3.05, 3.63) is 0 Å². The van der Waals surface area contributed by atoms with Gasteiger partial charge in [-0.1, -0.05) is 0 Å². The van der Waals surface area contributed by atoms with Crippen molar-refractivity contribution in [1.29, 1.82) is 5.26 Å². The number of alkyl carbamates (subject to hydrolysis) is 1. The molecule has 1 fully saturated rings. The Morgan fingerprint density at radius 1 is 1.50 bits per heavy atom. The SMILES string of the molecule is CC1(C#N)CC(NC(=S)NC(=O)OC(C)(C)C)C1. The number of ether oxygens (including phenoxy) is 1. The summed E-state index contributed by atoms with van der Waals surface area (Å²) in [6, 6.07) is 2.41. The Hall–Kier alpha value is -1.35. The van der Waals surface area contributed by atoms with Crippen molar-refractivity contribution in [2.24, 2.45) is 5.41 Å². The minimum absolute atomic E-state index is 0.150. The van der Waals surface area contributed by atoms with Gasteiger partial charge >= 0.3 is 6.09 Å². The molecule has 2 N–H and O–H groups in total. The predicted molar refractivity (Wildman–Crippen MR) is 71.8 cm³/mol. The number of amides is 1. The molecule has 1 aliphatic carbocycles. The number of nitrogens with one attached hydrogen (secondary N) is 2. The lowest BCUT2D eigenvalue weighted by Crippen LogP contribution is -2.53. The fourth-order valence-corrected chi connectivity index (χ4v) is 2.09. The maximum atomic E-state index is 11.4. The molecule has 6 heteroatoms. The molecule has 0 aromatic rings. The molecular weight excluding hydrogens is 250 g/mol. The molecule has 1 rings (SSSR count). The lowest BCUT2D eigenvalue weighted by molar-refractivity contribution is 0.0561. The van der Waals surface area contributed by atoms with Gasteiger partial charge in [0.15, 0.2) is 5.11 Å². The van der Waals surface area contributed by atoms with E-state index in [1.807, 2.05) is 6.92 Å². The normalized spacial score (nSPS) is 26.5. The molecule has 0 bridgehead atoms. The summed E-state index contributed by atoms with van der Waals surface area (Å²) in [6.07, 6.45) is 0.904. The van der Waals surface area contributed by atoms with Crippen molar-refractivity contribution in [3.63, 3.8) is 0 Å². The van der Waals surface area contributed by atoms with Crippen molar-refractivity contribution < 1.29 is 9.53 Å². The maximum absolute atomic E-state index is 11.4.